The summed E-state index contributed by atoms with van der Waals surface area (Å²) in [7, 11) is 0. The van der Waals surface area contributed by atoms with E-state index in [4.69, 9.17) is 28.9 Å². The summed E-state index contributed by atoms with van der Waals surface area (Å²) in [5.41, 5.74) is 5.55. The second-order valence-corrected chi connectivity index (χ2v) is 3.29. The lowest BCUT2D eigenvalue weighted by atomic mass is 10.2. The number of rotatable bonds is 3. The number of hydrogen-bond donors (Lipinski definition) is 1. The summed E-state index contributed by atoms with van der Waals surface area (Å²) in [5, 5.41) is 0.0614. The molecular formula is C7H7Cl2F2N3. The molecule has 1 aromatic heterocycles. The van der Waals surface area contributed by atoms with Crippen LogP contribution in [-0.2, 0) is 6.42 Å². The first-order valence-corrected chi connectivity index (χ1v) is 4.52. The van der Waals surface area contributed by atoms with Gasteiger partial charge < -0.3 is 5.73 Å². The van der Waals surface area contributed by atoms with Crippen molar-refractivity contribution in [1.29, 1.82) is 0 Å². The molecular weight excluding hydrogens is 235 g/mol. The Balaban J connectivity index is 2.86. The first-order valence-electron chi connectivity index (χ1n) is 3.76. The number of alkyl halides is 2. The first kappa shape index (κ1) is 11.4. The van der Waals surface area contributed by atoms with Gasteiger partial charge in [-0.15, -0.1) is 0 Å². The van der Waals surface area contributed by atoms with E-state index in [9.17, 15) is 8.78 Å². The van der Waals surface area contributed by atoms with Gasteiger partial charge in [-0.3, -0.25) is 0 Å². The number of halogens is 4. The van der Waals surface area contributed by atoms with Crippen LogP contribution in [0.15, 0.2) is 0 Å². The molecule has 1 aromatic rings. The molecule has 0 aromatic carbocycles. The zero-order valence-corrected chi connectivity index (χ0v) is 8.49. The van der Waals surface area contributed by atoms with Gasteiger partial charge in [-0.25, -0.2) is 18.7 Å². The quantitative estimate of drug-likeness (QED) is 0.828. The van der Waals surface area contributed by atoms with Crippen molar-refractivity contribution >= 4 is 29.2 Å². The largest absolute Gasteiger partial charge is 0.368 e. The van der Waals surface area contributed by atoms with E-state index in [0.717, 1.165) is 0 Å². The maximum atomic E-state index is 11.9. The van der Waals surface area contributed by atoms with Crippen molar-refractivity contribution in [3.8, 4) is 0 Å². The topological polar surface area (TPSA) is 51.8 Å². The fourth-order valence-corrected chi connectivity index (χ4v) is 1.50. The zero-order valence-electron chi connectivity index (χ0n) is 6.98. The first-order chi connectivity index (χ1) is 6.50. The van der Waals surface area contributed by atoms with Gasteiger partial charge in [0.15, 0.2) is 0 Å². The van der Waals surface area contributed by atoms with Gasteiger partial charge in [-0.1, -0.05) is 23.2 Å². The monoisotopic (exact) mass is 241 g/mol. The van der Waals surface area contributed by atoms with Crippen LogP contribution in [0.4, 0.5) is 14.7 Å². The Kier molecular flexibility index (Phi) is 3.83. The van der Waals surface area contributed by atoms with Crippen LogP contribution in [0, 0.1) is 0 Å². The van der Waals surface area contributed by atoms with Crippen molar-refractivity contribution < 1.29 is 8.78 Å². The summed E-state index contributed by atoms with van der Waals surface area (Å²) in [6.07, 6.45) is -2.69. The molecule has 0 radical (unpaired) electrons. The molecule has 3 nitrogen and oxygen atoms in total. The van der Waals surface area contributed by atoms with E-state index in [1.54, 1.807) is 0 Å². The van der Waals surface area contributed by atoms with Crippen LogP contribution in [0.5, 0.6) is 0 Å². The Morgan fingerprint density at radius 1 is 1.21 bits per heavy atom. The molecule has 14 heavy (non-hydrogen) atoms. The highest BCUT2D eigenvalue weighted by Crippen LogP contribution is 2.24. The maximum Gasteiger partial charge on any atom is 0.239 e. The molecule has 0 amide bonds. The number of hydrogen-bond acceptors (Lipinski definition) is 3. The predicted octanol–water partition coefficient (Wildman–Crippen LogP) is 2.56. The zero-order chi connectivity index (χ0) is 10.7. The molecule has 0 fully saturated rings. The van der Waals surface area contributed by atoms with E-state index >= 15 is 0 Å². The lowest BCUT2D eigenvalue weighted by Gasteiger charge is -2.05. The molecule has 1 rings (SSSR count). The Hall–Kier alpha value is -0.680. The second kappa shape index (κ2) is 4.70. The van der Waals surface area contributed by atoms with Crippen LogP contribution in [0.3, 0.4) is 0 Å². The standard InChI is InChI=1S/C7H7Cl2F2N3/c8-5-3(1-2-4(10)11)6(9)14-7(12)13-5/h4H,1-2H2,(H2,12,13,14). The lowest BCUT2D eigenvalue weighted by Crippen LogP contribution is -2.02. The third-order valence-corrected chi connectivity index (χ3v) is 2.16. The van der Waals surface area contributed by atoms with Gasteiger partial charge in [0.25, 0.3) is 0 Å². The second-order valence-electron chi connectivity index (χ2n) is 2.57. The van der Waals surface area contributed by atoms with Crippen LogP contribution >= 0.6 is 23.2 Å². The minimum Gasteiger partial charge on any atom is -0.368 e. The molecule has 0 saturated heterocycles. The number of nitrogens with two attached hydrogens (primary N) is 1. The molecule has 0 unspecified atom stereocenters. The highest BCUT2D eigenvalue weighted by atomic mass is 35.5. The Morgan fingerprint density at radius 2 is 1.71 bits per heavy atom. The normalized spacial score (nSPS) is 10.9. The third kappa shape index (κ3) is 2.92. The summed E-state index contributed by atoms with van der Waals surface area (Å²) < 4.78 is 23.8. The van der Waals surface area contributed by atoms with Crippen LogP contribution in [-0.4, -0.2) is 16.4 Å². The SMILES string of the molecule is Nc1nc(Cl)c(CCC(F)F)c(Cl)n1. The van der Waals surface area contributed by atoms with Gasteiger partial charge >= 0.3 is 0 Å². The maximum absolute atomic E-state index is 11.9. The van der Waals surface area contributed by atoms with E-state index in [1.807, 2.05) is 0 Å². The average Bonchev–Trinajstić information content (AvgIpc) is 2.01. The van der Waals surface area contributed by atoms with Gasteiger partial charge in [-0.2, -0.15) is 0 Å². The van der Waals surface area contributed by atoms with Crippen molar-refractivity contribution in [3.05, 3.63) is 15.9 Å². The Labute approximate surface area is 89.2 Å². The molecule has 0 aliphatic heterocycles. The van der Waals surface area contributed by atoms with E-state index in [-0.39, 0.29) is 29.1 Å². The number of nitrogen functional groups attached to an aromatic ring is 1. The molecule has 7 heteroatoms. The average molecular weight is 242 g/mol. The van der Waals surface area contributed by atoms with Crippen LogP contribution < -0.4 is 5.73 Å². The van der Waals surface area contributed by atoms with Gasteiger partial charge in [0, 0.05) is 12.0 Å². The molecule has 1 heterocycles. The van der Waals surface area contributed by atoms with E-state index in [0.29, 0.717) is 5.56 Å². The fraction of sp³-hybridized carbons (Fsp3) is 0.429. The van der Waals surface area contributed by atoms with Crippen LogP contribution in [0.2, 0.25) is 10.3 Å². The van der Waals surface area contributed by atoms with Crippen LogP contribution in [0.1, 0.15) is 12.0 Å². The van der Waals surface area contributed by atoms with E-state index in [1.165, 1.54) is 0 Å². The highest BCUT2D eigenvalue weighted by Gasteiger charge is 2.12. The molecule has 0 saturated carbocycles. The summed E-state index contributed by atoms with van der Waals surface area (Å²) in [4.78, 5) is 7.23. The summed E-state index contributed by atoms with van der Waals surface area (Å²) in [6, 6.07) is 0. The van der Waals surface area contributed by atoms with E-state index in [2.05, 4.69) is 9.97 Å². The molecule has 0 spiro atoms. The lowest BCUT2D eigenvalue weighted by molar-refractivity contribution is 0.138. The molecule has 78 valence electrons. The molecule has 0 aliphatic rings. The smallest absolute Gasteiger partial charge is 0.239 e. The van der Waals surface area contributed by atoms with Crippen molar-refractivity contribution in [2.75, 3.05) is 5.73 Å². The fourth-order valence-electron chi connectivity index (χ4n) is 0.906. The van der Waals surface area contributed by atoms with Gasteiger partial charge in [0.2, 0.25) is 12.4 Å². The number of nitrogens with zero attached hydrogens (tertiary/aromatic N) is 2. The van der Waals surface area contributed by atoms with Gasteiger partial charge in [0.05, 0.1) is 0 Å². The van der Waals surface area contributed by atoms with Crippen molar-refractivity contribution in [2.45, 2.75) is 19.3 Å². The minimum atomic E-state index is -2.40. The summed E-state index contributed by atoms with van der Waals surface area (Å²) >= 11 is 11.3. The number of aromatic nitrogens is 2. The Morgan fingerprint density at radius 3 is 2.14 bits per heavy atom. The summed E-state index contributed by atoms with van der Waals surface area (Å²) in [6.45, 7) is 0. The van der Waals surface area contributed by atoms with Crippen molar-refractivity contribution in [3.63, 3.8) is 0 Å². The predicted molar refractivity (Wildman–Crippen MR) is 50.8 cm³/mol. The van der Waals surface area contributed by atoms with E-state index < -0.39 is 6.43 Å². The molecule has 0 bridgehead atoms. The highest BCUT2D eigenvalue weighted by molar-refractivity contribution is 6.34. The number of anilines is 1. The van der Waals surface area contributed by atoms with Crippen LogP contribution in [0.25, 0.3) is 0 Å². The summed E-state index contributed by atoms with van der Waals surface area (Å²) in [5.74, 6) is -0.0687. The van der Waals surface area contributed by atoms with Crippen molar-refractivity contribution in [2.24, 2.45) is 0 Å². The van der Waals surface area contributed by atoms with Gasteiger partial charge in [0.1, 0.15) is 10.3 Å². The Bertz CT molecular complexity index is 310. The van der Waals surface area contributed by atoms with Gasteiger partial charge in [-0.05, 0) is 6.42 Å². The van der Waals surface area contributed by atoms with Crippen molar-refractivity contribution in [1.82, 2.24) is 9.97 Å². The molecule has 0 aliphatic carbocycles. The molecule has 0 atom stereocenters. The minimum absolute atomic E-state index is 0.0307. The third-order valence-electron chi connectivity index (χ3n) is 1.54. The molecule has 2 N–H and O–H groups in total.